The van der Waals surface area contributed by atoms with Crippen LogP contribution in [0.15, 0.2) is 0 Å². The van der Waals surface area contributed by atoms with Gasteiger partial charge in [-0.25, -0.2) is 0 Å². The molecule has 1 aliphatic rings. The highest BCUT2D eigenvalue weighted by atomic mass is 14.2. The van der Waals surface area contributed by atoms with Crippen molar-refractivity contribution in [3.63, 3.8) is 0 Å². The molecule has 1 aliphatic carbocycles. The van der Waals surface area contributed by atoms with E-state index in [0.29, 0.717) is 0 Å². The Bertz CT molecular complexity index is 90.2. The van der Waals surface area contributed by atoms with Gasteiger partial charge in [-0.05, 0) is 31.1 Å². The summed E-state index contributed by atoms with van der Waals surface area (Å²) in [5, 5.41) is 0. The van der Waals surface area contributed by atoms with E-state index in [-0.39, 0.29) is 0 Å². The van der Waals surface area contributed by atoms with Crippen molar-refractivity contribution in [1.29, 1.82) is 0 Å². The summed E-state index contributed by atoms with van der Waals surface area (Å²) in [4.78, 5) is 0. The molecule has 0 spiro atoms. The molecule has 0 aromatic heterocycles. The maximum Gasteiger partial charge on any atom is -0.0380 e. The molecule has 11 heavy (non-hydrogen) atoms. The van der Waals surface area contributed by atoms with E-state index >= 15 is 0 Å². The lowest BCUT2D eigenvalue weighted by molar-refractivity contribution is 0.359. The lowest BCUT2D eigenvalue weighted by Crippen LogP contribution is -2.11. The molecule has 0 atom stereocenters. The molecule has 0 aromatic rings. The maximum atomic E-state index is 2.41. The average Bonchev–Trinajstić information content (AvgIpc) is 1.82. The zero-order chi connectivity index (χ0) is 8.10. The van der Waals surface area contributed by atoms with Crippen LogP contribution < -0.4 is 0 Å². The standard InChI is InChI=1S/C11H21/c1-10(2)6-3-4-7-11-8-5-9-11/h5,10-11H,3-4,6-9H2,1-2H3. The van der Waals surface area contributed by atoms with Gasteiger partial charge in [-0.2, -0.15) is 0 Å². The summed E-state index contributed by atoms with van der Waals surface area (Å²) in [6, 6.07) is 0. The maximum absolute atomic E-state index is 2.41. The molecule has 0 saturated heterocycles. The Labute approximate surface area is 71.4 Å². The van der Waals surface area contributed by atoms with Crippen LogP contribution in [-0.2, 0) is 0 Å². The van der Waals surface area contributed by atoms with Crippen molar-refractivity contribution in [2.24, 2.45) is 11.8 Å². The first-order chi connectivity index (χ1) is 5.29. The Kier molecular flexibility index (Phi) is 3.96. The van der Waals surface area contributed by atoms with Gasteiger partial charge >= 0.3 is 0 Å². The van der Waals surface area contributed by atoms with Crippen LogP contribution in [0, 0.1) is 18.3 Å². The van der Waals surface area contributed by atoms with E-state index in [1.54, 1.807) is 0 Å². The van der Waals surface area contributed by atoms with Gasteiger partial charge in [0, 0.05) is 0 Å². The molecule has 0 unspecified atom stereocenters. The van der Waals surface area contributed by atoms with Gasteiger partial charge in [0.1, 0.15) is 0 Å². The fraction of sp³-hybridized carbons (Fsp3) is 0.909. The van der Waals surface area contributed by atoms with E-state index < -0.39 is 0 Å². The van der Waals surface area contributed by atoms with Crippen molar-refractivity contribution in [3.8, 4) is 0 Å². The van der Waals surface area contributed by atoms with Crippen molar-refractivity contribution >= 4 is 0 Å². The van der Waals surface area contributed by atoms with Crippen LogP contribution in [0.1, 0.15) is 52.4 Å². The van der Waals surface area contributed by atoms with Crippen LogP contribution in [0.25, 0.3) is 0 Å². The van der Waals surface area contributed by atoms with Crippen molar-refractivity contribution < 1.29 is 0 Å². The zero-order valence-electron chi connectivity index (χ0n) is 7.97. The van der Waals surface area contributed by atoms with E-state index in [1.165, 1.54) is 38.5 Å². The van der Waals surface area contributed by atoms with Crippen molar-refractivity contribution in [2.45, 2.75) is 52.4 Å². The zero-order valence-corrected chi connectivity index (χ0v) is 7.97. The summed E-state index contributed by atoms with van der Waals surface area (Å²) < 4.78 is 0. The predicted octanol–water partition coefficient (Wildman–Crippen LogP) is 3.82. The van der Waals surface area contributed by atoms with Crippen molar-refractivity contribution in [1.82, 2.24) is 0 Å². The average molecular weight is 153 g/mol. The lowest BCUT2D eigenvalue weighted by atomic mass is 9.81. The minimum atomic E-state index is 0.906. The van der Waals surface area contributed by atoms with Crippen LogP contribution in [-0.4, -0.2) is 0 Å². The predicted molar refractivity (Wildman–Crippen MR) is 50.3 cm³/mol. The molecule has 0 nitrogen and oxygen atoms in total. The number of rotatable bonds is 5. The normalized spacial score (nSPS) is 18.8. The third kappa shape index (κ3) is 3.79. The van der Waals surface area contributed by atoms with Gasteiger partial charge in [-0.15, -0.1) is 0 Å². The third-order valence-electron chi connectivity index (χ3n) is 2.64. The summed E-state index contributed by atoms with van der Waals surface area (Å²) >= 11 is 0. The van der Waals surface area contributed by atoms with Crippen LogP contribution in [0.4, 0.5) is 0 Å². The highest BCUT2D eigenvalue weighted by Gasteiger charge is 2.16. The summed E-state index contributed by atoms with van der Waals surface area (Å²) in [5.74, 6) is 1.98. The van der Waals surface area contributed by atoms with Gasteiger partial charge in [-0.1, -0.05) is 39.5 Å². The van der Waals surface area contributed by atoms with Gasteiger partial charge in [0.15, 0.2) is 0 Å². The highest BCUT2D eigenvalue weighted by Crippen LogP contribution is 2.30. The molecule has 0 heteroatoms. The lowest BCUT2D eigenvalue weighted by Gasteiger charge is -2.24. The molecule has 0 heterocycles. The summed E-state index contributed by atoms with van der Waals surface area (Å²) in [6.07, 6.45) is 11.1. The second kappa shape index (κ2) is 4.79. The molecule has 0 aromatic carbocycles. The molecule has 1 saturated carbocycles. The van der Waals surface area contributed by atoms with Gasteiger partial charge in [0.25, 0.3) is 0 Å². The molecule has 0 amide bonds. The van der Waals surface area contributed by atoms with Crippen LogP contribution >= 0.6 is 0 Å². The molecular formula is C11H21. The van der Waals surface area contributed by atoms with E-state index in [9.17, 15) is 0 Å². The van der Waals surface area contributed by atoms with Crippen molar-refractivity contribution in [2.75, 3.05) is 0 Å². The van der Waals surface area contributed by atoms with Gasteiger partial charge in [-0.3, -0.25) is 0 Å². The molecule has 0 N–H and O–H groups in total. The number of hydrogen-bond acceptors (Lipinski definition) is 0. The Morgan fingerprint density at radius 3 is 2.45 bits per heavy atom. The first-order valence-corrected chi connectivity index (χ1v) is 5.10. The quantitative estimate of drug-likeness (QED) is 0.527. The fourth-order valence-corrected chi connectivity index (χ4v) is 1.62. The Hall–Kier alpha value is 0. The molecular weight excluding hydrogens is 132 g/mol. The first kappa shape index (κ1) is 9.09. The molecule has 0 aliphatic heterocycles. The topological polar surface area (TPSA) is 0 Å². The largest absolute Gasteiger partial charge is 0.0628 e. The van der Waals surface area contributed by atoms with Crippen LogP contribution in [0.2, 0.25) is 0 Å². The van der Waals surface area contributed by atoms with Gasteiger partial charge in [0.05, 0.1) is 0 Å². The molecule has 1 radical (unpaired) electrons. The Morgan fingerprint density at radius 2 is 2.00 bits per heavy atom. The minimum absolute atomic E-state index is 0.906. The molecule has 0 bridgehead atoms. The number of hydrogen-bond donors (Lipinski definition) is 0. The number of unbranched alkanes of at least 4 members (excludes halogenated alkanes) is 1. The minimum Gasteiger partial charge on any atom is -0.0628 e. The van der Waals surface area contributed by atoms with E-state index in [2.05, 4.69) is 20.3 Å². The molecule has 1 rings (SSSR count). The first-order valence-electron chi connectivity index (χ1n) is 5.10. The van der Waals surface area contributed by atoms with E-state index in [0.717, 1.165) is 11.8 Å². The smallest absolute Gasteiger partial charge is 0.0380 e. The van der Waals surface area contributed by atoms with Gasteiger partial charge < -0.3 is 0 Å². The van der Waals surface area contributed by atoms with Crippen LogP contribution in [0.5, 0.6) is 0 Å². The Morgan fingerprint density at radius 1 is 1.27 bits per heavy atom. The van der Waals surface area contributed by atoms with Crippen molar-refractivity contribution in [3.05, 3.63) is 6.42 Å². The summed E-state index contributed by atoms with van der Waals surface area (Å²) in [6.45, 7) is 4.63. The second-order valence-electron chi connectivity index (χ2n) is 4.30. The molecule has 1 fully saturated rings. The SMILES string of the molecule is CC(C)CCCCC1C[CH]C1. The van der Waals surface area contributed by atoms with E-state index in [1.807, 2.05) is 0 Å². The van der Waals surface area contributed by atoms with E-state index in [4.69, 9.17) is 0 Å². The second-order valence-corrected chi connectivity index (χ2v) is 4.30. The Balaban J connectivity index is 1.80. The fourth-order valence-electron chi connectivity index (χ4n) is 1.62. The van der Waals surface area contributed by atoms with Gasteiger partial charge in [0.2, 0.25) is 0 Å². The summed E-state index contributed by atoms with van der Waals surface area (Å²) in [5.41, 5.74) is 0. The summed E-state index contributed by atoms with van der Waals surface area (Å²) in [7, 11) is 0. The molecule has 65 valence electrons. The van der Waals surface area contributed by atoms with Crippen LogP contribution in [0.3, 0.4) is 0 Å². The highest BCUT2D eigenvalue weighted by molar-refractivity contribution is 4.84. The monoisotopic (exact) mass is 153 g/mol. The third-order valence-corrected chi connectivity index (χ3v) is 2.64.